The molecule has 0 aliphatic carbocycles. The van der Waals surface area contributed by atoms with E-state index in [9.17, 15) is 22.4 Å². The lowest BCUT2D eigenvalue weighted by Crippen LogP contribution is -2.74. The molecule has 1 saturated heterocycles. The molecule has 86 valence electrons. The molecule has 0 aromatic rings. The summed E-state index contributed by atoms with van der Waals surface area (Å²) in [5, 5.41) is 0. The van der Waals surface area contributed by atoms with Crippen LogP contribution >= 0.6 is 0 Å². The van der Waals surface area contributed by atoms with Crippen molar-refractivity contribution in [2.24, 2.45) is 0 Å². The first-order chi connectivity index (χ1) is 6.53. The van der Waals surface area contributed by atoms with E-state index in [0.717, 1.165) is 0 Å². The molecule has 7 heteroatoms. The van der Waals surface area contributed by atoms with Crippen molar-refractivity contribution >= 4 is 5.97 Å². The SMILES string of the molecule is C=C(C)C(=O)OC1(C)OC(F)(F)C1(F)F. The van der Waals surface area contributed by atoms with Gasteiger partial charge in [-0.15, -0.1) is 0 Å². The summed E-state index contributed by atoms with van der Waals surface area (Å²) in [6.07, 6.45) is -4.61. The number of ether oxygens (including phenoxy) is 2. The van der Waals surface area contributed by atoms with E-state index in [4.69, 9.17) is 0 Å². The van der Waals surface area contributed by atoms with Crippen molar-refractivity contribution in [2.75, 3.05) is 0 Å². The van der Waals surface area contributed by atoms with Gasteiger partial charge in [0, 0.05) is 12.5 Å². The third-order valence-corrected chi connectivity index (χ3v) is 1.89. The normalized spacial score (nSPS) is 31.6. The summed E-state index contributed by atoms with van der Waals surface area (Å²) in [7, 11) is 0. The van der Waals surface area contributed by atoms with Gasteiger partial charge in [0.05, 0.1) is 0 Å². The van der Waals surface area contributed by atoms with Crippen LogP contribution in [0.1, 0.15) is 13.8 Å². The van der Waals surface area contributed by atoms with Gasteiger partial charge in [0.2, 0.25) is 0 Å². The van der Waals surface area contributed by atoms with Gasteiger partial charge in [-0.1, -0.05) is 6.58 Å². The number of hydrogen-bond donors (Lipinski definition) is 0. The molecule has 1 aliphatic rings. The van der Waals surface area contributed by atoms with Gasteiger partial charge < -0.3 is 4.74 Å². The summed E-state index contributed by atoms with van der Waals surface area (Å²) in [5.41, 5.74) is -0.189. The van der Waals surface area contributed by atoms with Crippen LogP contribution in [-0.2, 0) is 14.3 Å². The van der Waals surface area contributed by atoms with Gasteiger partial charge in [-0.25, -0.2) is 4.79 Å². The van der Waals surface area contributed by atoms with Gasteiger partial charge in [-0.2, -0.15) is 17.6 Å². The number of alkyl halides is 4. The van der Waals surface area contributed by atoms with Crippen LogP contribution in [0.25, 0.3) is 0 Å². The topological polar surface area (TPSA) is 35.5 Å². The average molecular weight is 228 g/mol. The predicted octanol–water partition coefficient (Wildman–Crippen LogP) is 2.08. The number of carbonyl (C=O) groups is 1. The van der Waals surface area contributed by atoms with Crippen LogP contribution in [0, 0.1) is 0 Å². The van der Waals surface area contributed by atoms with Crippen LogP contribution in [0.5, 0.6) is 0 Å². The van der Waals surface area contributed by atoms with Crippen molar-refractivity contribution in [3.8, 4) is 0 Å². The molecule has 0 saturated carbocycles. The van der Waals surface area contributed by atoms with Crippen LogP contribution < -0.4 is 0 Å². The Morgan fingerprint density at radius 1 is 1.33 bits per heavy atom. The minimum atomic E-state index is -4.61. The molecule has 0 radical (unpaired) electrons. The fourth-order valence-electron chi connectivity index (χ4n) is 0.940. The minimum absolute atomic E-state index is 0.189. The van der Waals surface area contributed by atoms with Gasteiger partial charge in [0.15, 0.2) is 0 Å². The van der Waals surface area contributed by atoms with E-state index in [0.29, 0.717) is 6.92 Å². The smallest absolute Gasteiger partial charge is 0.423 e. The standard InChI is InChI=1S/C8H8F4O3/c1-4(2)5(13)14-6(3)7(9,10)8(11,12)15-6/h1H2,2-3H3. The second kappa shape index (κ2) is 2.94. The fourth-order valence-corrected chi connectivity index (χ4v) is 0.940. The Morgan fingerprint density at radius 3 is 2.07 bits per heavy atom. The Kier molecular flexibility index (Phi) is 2.35. The van der Waals surface area contributed by atoms with E-state index in [1.54, 1.807) is 0 Å². The number of halogens is 4. The monoisotopic (exact) mass is 228 g/mol. The molecule has 1 atom stereocenters. The third-order valence-electron chi connectivity index (χ3n) is 1.89. The second-order valence-corrected chi connectivity index (χ2v) is 3.31. The van der Waals surface area contributed by atoms with Gasteiger partial charge in [-0.3, -0.25) is 4.74 Å². The van der Waals surface area contributed by atoms with Crippen molar-refractivity contribution in [1.29, 1.82) is 0 Å². The van der Waals surface area contributed by atoms with E-state index in [2.05, 4.69) is 16.1 Å². The highest BCUT2D eigenvalue weighted by atomic mass is 19.3. The zero-order chi connectivity index (χ0) is 12.1. The number of hydrogen-bond acceptors (Lipinski definition) is 3. The third kappa shape index (κ3) is 1.50. The molecule has 0 aromatic heterocycles. The van der Waals surface area contributed by atoms with Crippen LogP contribution in [0.3, 0.4) is 0 Å². The first-order valence-electron chi connectivity index (χ1n) is 3.88. The Hall–Kier alpha value is -1.11. The van der Waals surface area contributed by atoms with E-state index in [-0.39, 0.29) is 5.57 Å². The maximum absolute atomic E-state index is 12.8. The lowest BCUT2D eigenvalue weighted by molar-refractivity contribution is -0.558. The van der Waals surface area contributed by atoms with Crippen molar-refractivity contribution in [2.45, 2.75) is 31.7 Å². The number of rotatable bonds is 2. The van der Waals surface area contributed by atoms with Crippen molar-refractivity contribution in [3.05, 3.63) is 12.2 Å². The molecule has 0 N–H and O–H groups in total. The second-order valence-electron chi connectivity index (χ2n) is 3.31. The molecule has 0 spiro atoms. The summed E-state index contributed by atoms with van der Waals surface area (Å²) in [4.78, 5) is 10.9. The quantitative estimate of drug-likeness (QED) is 0.412. The summed E-state index contributed by atoms with van der Waals surface area (Å²) in [6, 6.07) is 0. The molecular formula is C8H8F4O3. The molecule has 0 bridgehead atoms. The summed E-state index contributed by atoms with van der Waals surface area (Å²) in [6.45, 7) is 4.88. The van der Waals surface area contributed by atoms with Gasteiger partial charge in [-0.05, 0) is 6.92 Å². The van der Waals surface area contributed by atoms with Crippen molar-refractivity contribution in [3.63, 3.8) is 0 Å². The van der Waals surface area contributed by atoms with Gasteiger partial charge in [0.1, 0.15) is 0 Å². The van der Waals surface area contributed by atoms with E-state index in [1.165, 1.54) is 6.92 Å². The summed E-state index contributed by atoms with van der Waals surface area (Å²) >= 11 is 0. The first kappa shape index (κ1) is 12.0. The highest BCUT2D eigenvalue weighted by molar-refractivity contribution is 5.87. The lowest BCUT2D eigenvalue weighted by Gasteiger charge is -2.49. The maximum Gasteiger partial charge on any atom is 0.429 e. The summed E-state index contributed by atoms with van der Waals surface area (Å²) < 4.78 is 57.8. The highest BCUT2D eigenvalue weighted by Gasteiger charge is 2.84. The van der Waals surface area contributed by atoms with E-state index < -0.39 is 23.8 Å². The first-order valence-corrected chi connectivity index (χ1v) is 3.88. The minimum Gasteiger partial charge on any atom is -0.423 e. The van der Waals surface area contributed by atoms with Crippen LogP contribution in [-0.4, -0.2) is 23.8 Å². The molecule has 1 fully saturated rings. The summed E-state index contributed by atoms with van der Waals surface area (Å²) in [5.74, 6) is -8.70. The molecule has 15 heavy (non-hydrogen) atoms. The maximum atomic E-state index is 12.8. The Labute approximate surface area is 82.6 Å². The van der Waals surface area contributed by atoms with Crippen LogP contribution in [0.15, 0.2) is 12.2 Å². The molecule has 1 heterocycles. The zero-order valence-electron chi connectivity index (χ0n) is 7.94. The molecule has 1 aliphatic heterocycles. The van der Waals surface area contributed by atoms with Crippen molar-refractivity contribution < 1.29 is 31.8 Å². The number of carbonyl (C=O) groups excluding carboxylic acids is 1. The van der Waals surface area contributed by atoms with Gasteiger partial charge in [0.25, 0.3) is 5.79 Å². The zero-order valence-corrected chi connectivity index (χ0v) is 7.94. The molecular weight excluding hydrogens is 220 g/mol. The van der Waals surface area contributed by atoms with Crippen LogP contribution in [0.2, 0.25) is 0 Å². The molecule has 0 amide bonds. The van der Waals surface area contributed by atoms with E-state index in [1.807, 2.05) is 0 Å². The van der Waals surface area contributed by atoms with E-state index >= 15 is 0 Å². The lowest BCUT2D eigenvalue weighted by atomic mass is 10.0. The Morgan fingerprint density at radius 2 is 1.80 bits per heavy atom. The fraction of sp³-hybridized carbons (Fsp3) is 0.625. The van der Waals surface area contributed by atoms with Crippen molar-refractivity contribution in [1.82, 2.24) is 0 Å². The predicted molar refractivity (Wildman–Crippen MR) is 40.3 cm³/mol. The largest absolute Gasteiger partial charge is 0.429 e. The number of esters is 1. The Bertz CT molecular complexity index is 326. The highest BCUT2D eigenvalue weighted by Crippen LogP contribution is 2.56. The van der Waals surface area contributed by atoms with Crippen LogP contribution in [0.4, 0.5) is 17.6 Å². The molecule has 1 rings (SSSR count). The molecule has 3 nitrogen and oxygen atoms in total. The average Bonchev–Trinajstić information content (AvgIpc) is 2.01. The Balaban J connectivity index is 2.81. The van der Waals surface area contributed by atoms with Gasteiger partial charge >= 0.3 is 18.0 Å². The molecule has 0 aromatic carbocycles. The molecule has 1 unspecified atom stereocenters.